The van der Waals surface area contributed by atoms with Gasteiger partial charge in [0, 0.05) is 19.3 Å². The number of aliphatic hydroxyl groups excluding tert-OH is 1. The Labute approximate surface area is 90.8 Å². The van der Waals surface area contributed by atoms with Gasteiger partial charge in [0.05, 0.1) is 6.10 Å². The zero-order valence-corrected chi connectivity index (χ0v) is 9.35. The number of aromatic nitrogens is 1. The second-order valence-corrected chi connectivity index (χ2v) is 4.47. The van der Waals surface area contributed by atoms with Crippen molar-refractivity contribution in [1.82, 2.24) is 4.98 Å². The molecule has 0 radical (unpaired) electrons. The second kappa shape index (κ2) is 4.19. The van der Waals surface area contributed by atoms with Crippen LogP contribution in [0.5, 0.6) is 0 Å². The van der Waals surface area contributed by atoms with E-state index in [1.165, 1.54) is 5.56 Å². The van der Waals surface area contributed by atoms with E-state index in [4.69, 9.17) is 0 Å². The Bertz CT molecular complexity index is 340. The predicted molar refractivity (Wildman–Crippen MR) is 61.0 cm³/mol. The van der Waals surface area contributed by atoms with Gasteiger partial charge in [-0.3, -0.25) is 0 Å². The predicted octanol–water partition coefficient (Wildman–Crippen LogP) is 1.60. The minimum absolute atomic E-state index is 0.221. The van der Waals surface area contributed by atoms with Crippen LogP contribution in [0.3, 0.4) is 0 Å². The van der Waals surface area contributed by atoms with Crippen molar-refractivity contribution in [2.75, 3.05) is 18.0 Å². The molecule has 1 aliphatic heterocycles. The van der Waals surface area contributed by atoms with Crippen molar-refractivity contribution >= 4 is 5.82 Å². The van der Waals surface area contributed by atoms with Crippen molar-refractivity contribution in [3.05, 3.63) is 23.9 Å². The number of rotatable bonds is 1. The molecule has 2 unspecified atom stereocenters. The monoisotopic (exact) mass is 206 g/mol. The number of β-amino-alcohol motifs (C(OH)–C–C–N with tert-alkyl or cyclic N) is 1. The quantitative estimate of drug-likeness (QED) is 0.758. The Morgan fingerprint density at radius 3 is 3.00 bits per heavy atom. The molecule has 0 aromatic carbocycles. The fourth-order valence-corrected chi connectivity index (χ4v) is 1.95. The maximum atomic E-state index is 9.81. The normalized spacial score (nSPS) is 26.7. The molecule has 1 N–H and O–H groups in total. The van der Waals surface area contributed by atoms with Crippen LogP contribution in [0.2, 0.25) is 0 Å². The molecule has 2 rings (SSSR count). The molecule has 1 aromatic heterocycles. The van der Waals surface area contributed by atoms with Crippen molar-refractivity contribution in [1.29, 1.82) is 0 Å². The lowest BCUT2D eigenvalue weighted by Gasteiger charge is -2.35. The molecule has 0 aliphatic carbocycles. The van der Waals surface area contributed by atoms with Crippen LogP contribution in [-0.2, 0) is 0 Å². The molecule has 82 valence electrons. The van der Waals surface area contributed by atoms with Gasteiger partial charge in [-0.2, -0.15) is 0 Å². The van der Waals surface area contributed by atoms with Crippen LogP contribution in [0.25, 0.3) is 0 Å². The summed E-state index contributed by atoms with van der Waals surface area (Å²) in [4.78, 5) is 6.50. The second-order valence-electron chi connectivity index (χ2n) is 4.47. The zero-order chi connectivity index (χ0) is 10.8. The molecule has 1 saturated heterocycles. The number of piperidine rings is 1. The van der Waals surface area contributed by atoms with Gasteiger partial charge in [0.2, 0.25) is 0 Å². The molecule has 1 fully saturated rings. The number of aryl methyl sites for hydroxylation is 1. The highest BCUT2D eigenvalue weighted by molar-refractivity contribution is 5.41. The lowest BCUT2D eigenvalue weighted by molar-refractivity contribution is 0.102. The van der Waals surface area contributed by atoms with Crippen LogP contribution in [-0.4, -0.2) is 29.3 Å². The summed E-state index contributed by atoms with van der Waals surface area (Å²) in [6.07, 6.45) is 2.65. The molecule has 0 bridgehead atoms. The van der Waals surface area contributed by atoms with E-state index in [1.54, 1.807) is 0 Å². The molecule has 1 aromatic rings. The van der Waals surface area contributed by atoms with E-state index in [0.29, 0.717) is 12.5 Å². The van der Waals surface area contributed by atoms with Crippen molar-refractivity contribution in [3.8, 4) is 0 Å². The smallest absolute Gasteiger partial charge is 0.128 e. The minimum atomic E-state index is -0.221. The number of nitrogens with zero attached hydrogens (tertiary/aromatic N) is 2. The number of aliphatic hydroxyl groups is 1. The molecule has 3 heteroatoms. The lowest BCUT2D eigenvalue weighted by atomic mass is 9.96. The highest BCUT2D eigenvalue weighted by Gasteiger charge is 2.24. The summed E-state index contributed by atoms with van der Waals surface area (Å²) < 4.78 is 0. The van der Waals surface area contributed by atoms with E-state index in [9.17, 15) is 5.11 Å². The van der Waals surface area contributed by atoms with Gasteiger partial charge in [0.15, 0.2) is 0 Å². The van der Waals surface area contributed by atoms with Crippen LogP contribution in [0.1, 0.15) is 18.9 Å². The number of anilines is 1. The van der Waals surface area contributed by atoms with E-state index in [-0.39, 0.29) is 6.10 Å². The molecule has 0 saturated carbocycles. The lowest BCUT2D eigenvalue weighted by Crippen LogP contribution is -2.43. The zero-order valence-electron chi connectivity index (χ0n) is 9.35. The summed E-state index contributed by atoms with van der Waals surface area (Å²) in [5.41, 5.74) is 1.22. The first-order valence-electron chi connectivity index (χ1n) is 5.52. The molecule has 0 spiro atoms. The van der Waals surface area contributed by atoms with Crippen LogP contribution in [0.4, 0.5) is 5.82 Å². The average molecular weight is 206 g/mol. The van der Waals surface area contributed by atoms with E-state index in [2.05, 4.69) is 29.8 Å². The molecule has 2 atom stereocenters. The summed E-state index contributed by atoms with van der Waals surface area (Å²) in [6.45, 7) is 5.87. The van der Waals surface area contributed by atoms with Gasteiger partial charge in [-0.15, -0.1) is 0 Å². The SMILES string of the molecule is Cc1ccnc(N2CCC(C)C(O)C2)c1. The average Bonchev–Trinajstić information content (AvgIpc) is 2.22. The first-order valence-corrected chi connectivity index (χ1v) is 5.52. The van der Waals surface area contributed by atoms with Crippen molar-refractivity contribution in [2.24, 2.45) is 5.92 Å². The van der Waals surface area contributed by atoms with E-state index in [0.717, 1.165) is 18.8 Å². The Balaban J connectivity index is 2.12. The van der Waals surface area contributed by atoms with Crippen LogP contribution < -0.4 is 4.90 Å². The first-order chi connectivity index (χ1) is 7.16. The number of hydrogen-bond donors (Lipinski definition) is 1. The summed E-state index contributed by atoms with van der Waals surface area (Å²) in [6, 6.07) is 4.06. The van der Waals surface area contributed by atoms with Crippen molar-refractivity contribution < 1.29 is 5.11 Å². The maximum absolute atomic E-state index is 9.81. The Hall–Kier alpha value is -1.09. The summed E-state index contributed by atoms with van der Waals surface area (Å²) >= 11 is 0. The van der Waals surface area contributed by atoms with E-state index >= 15 is 0 Å². The van der Waals surface area contributed by atoms with Crippen molar-refractivity contribution in [2.45, 2.75) is 26.4 Å². The highest BCUT2D eigenvalue weighted by Crippen LogP contribution is 2.21. The fourth-order valence-electron chi connectivity index (χ4n) is 1.95. The third-order valence-corrected chi connectivity index (χ3v) is 3.14. The first kappa shape index (κ1) is 10.4. The van der Waals surface area contributed by atoms with Crippen LogP contribution >= 0.6 is 0 Å². The summed E-state index contributed by atoms with van der Waals surface area (Å²) in [5, 5.41) is 9.81. The molecular weight excluding hydrogens is 188 g/mol. The largest absolute Gasteiger partial charge is 0.391 e. The summed E-state index contributed by atoms with van der Waals surface area (Å²) in [5.74, 6) is 1.40. The maximum Gasteiger partial charge on any atom is 0.128 e. The highest BCUT2D eigenvalue weighted by atomic mass is 16.3. The Morgan fingerprint density at radius 1 is 1.53 bits per heavy atom. The van der Waals surface area contributed by atoms with Gasteiger partial charge >= 0.3 is 0 Å². The molecule has 1 aliphatic rings. The topological polar surface area (TPSA) is 36.4 Å². The van der Waals surface area contributed by atoms with Gasteiger partial charge < -0.3 is 10.0 Å². The van der Waals surface area contributed by atoms with Gasteiger partial charge in [-0.1, -0.05) is 6.92 Å². The van der Waals surface area contributed by atoms with Gasteiger partial charge in [0.1, 0.15) is 5.82 Å². The van der Waals surface area contributed by atoms with Gasteiger partial charge in [-0.05, 0) is 37.0 Å². The van der Waals surface area contributed by atoms with Gasteiger partial charge in [-0.25, -0.2) is 4.98 Å². The summed E-state index contributed by atoms with van der Waals surface area (Å²) in [7, 11) is 0. The van der Waals surface area contributed by atoms with E-state index < -0.39 is 0 Å². The van der Waals surface area contributed by atoms with Crippen LogP contribution in [0, 0.1) is 12.8 Å². The van der Waals surface area contributed by atoms with Crippen molar-refractivity contribution in [3.63, 3.8) is 0 Å². The standard InChI is InChI=1S/C12H18N2O/c1-9-3-5-13-12(7-9)14-6-4-10(2)11(15)8-14/h3,5,7,10-11,15H,4,6,8H2,1-2H3. The number of pyridine rings is 1. The van der Waals surface area contributed by atoms with E-state index in [1.807, 2.05) is 12.3 Å². The van der Waals surface area contributed by atoms with Gasteiger partial charge in [0.25, 0.3) is 0 Å². The Morgan fingerprint density at radius 2 is 2.33 bits per heavy atom. The third kappa shape index (κ3) is 2.29. The molecular formula is C12H18N2O. The molecule has 3 nitrogen and oxygen atoms in total. The minimum Gasteiger partial charge on any atom is -0.391 e. The molecule has 0 amide bonds. The Kier molecular flexibility index (Phi) is 2.91. The molecule has 15 heavy (non-hydrogen) atoms. The number of hydrogen-bond acceptors (Lipinski definition) is 3. The molecule has 2 heterocycles. The third-order valence-electron chi connectivity index (χ3n) is 3.14. The fraction of sp³-hybridized carbons (Fsp3) is 0.583. The van der Waals surface area contributed by atoms with Crippen LogP contribution in [0.15, 0.2) is 18.3 Å².